The van der Waals surface area contributed by atoms with E-state index in [-0.39, 0.29) is 17.9 Å². The fourth-order valence-electron chi connectivity index (χ4n) is 3.33. The van der Waals surface area contributed by atoms with Gasteiger partial charge in [-0.25, -0.2) is 15.0 Å². The number of anilines is 1. The van der Waals surface area contributed by atoms with E-state index < -0.39 is 0 Å². The van der Waals surface area contributed by atoms with Crippen molar-refractivity contribution in [1.29, 1.82) is 5.26 Å². The molecule has 0 aliphatic carbocycles. The highest BCUT2D eigenvalue weighted by Gasteiger charge is 2.22. The molecule has 0 saturated carbocycles. The minimum absolute atomic E-state index is 0.0289. The molecule has 146 valence electrons. The van der Waals surface area contributed by atoms with E-state index in [9.17, 15) is 9.59 Å². The van der Waals surface area contributed by atoms with Gasteiger partial charge in [0.15, 0.2) is 0 Å². The Morgan fingerprint density at radius 1 is 1.14 bits per heavy atom. The summed E-state index contributed by atoms with van der Waals surface area (Å²) >= 11 is 0. The SMILES string of the molecule is N#Cc1cnc(N2CCN(C(=O)CCc3nc4ccccc4c(=O)[nH]3)CC2)nc1. The molecule has 2 aromatic heterocycles. The molecule has 0 radical (unpaired) electrons. The number of amides is 1. The monoisotopic (exact) mass is 389 g/mol. The van der Waals surface area contributed by atoms with E-state index in [1.54, 1.807) is 23.1 Å². The van der Waals surface area contributed by atoms with Crippen LogP contribution in [0.15, 0.2) is 41.5 Å². The summed E-state index contributed by atoms with van der Waals surface area (Å²) in [4.78, 5) is 44.1. The molecule has 9 nitrogen and oxygen atoms in total. The Labute approximate surface area is 166 Å². The number of hydrogen-bond acceptors (Lipinski definition) is 7. The highest BCUT2D eigenvalue weighted by molar-refractivity contribution is 5.78. The molecule has 1 saturated heterocycles. The Hall–Kier alpha value is -3.80. The average molecular weight is 389 g/mol. The third-order valence-corrected chi connectivity index (χ3v) is 4.92. The summed E-state index contributed by atoms with van der Waals surface area (Å²) in [5.41, 5.74) is 0.867. The quantitative estimate of drug-likeness (QED) is 0.703. The average Bonchev–Trinajstić information content (AvgIpc) is 2.78. The maximum atomic E-state index is 12.6. The number of rotatable bonds is 4. The van der Waals surface area contributed by atoms with E-state index in [0.29, 0.717) is 60.8 Å². The molecule has 3 heterocycles. The molecule has 1 aliphatic rings. The molecule has 1 amide bonds. The molecular formula is C20H19N7O2. The van der Waals surface area contributed by atoms with Crippen molar-refractivity contribution in [2.75, 3.05) is 31.1 Å². The van der Waals surface area contributed by atoms with E-state index in [2.05, 4.69) is 19.9 Å². The molecule has 29 heavy (non-hydrogen) atoms. The normalized spacial score (nSPS) is 14.0. The van der Waals surface area contributed by atoms with Gasteiger partial charge in [0.25, 0.3) is 5.56 Å². The van der Waals surface area contributed by atoms with Gasteiger partial charge in [0, 0.05) is 39.0 Å². The molecule has 1 aromatic carbocycles. The van der Waals surface area contributed by atoms with Gasteiger partial charge in [-0.3, -0.25) is 9.59 Å². The van der Waals surface area contributed by atoms with Crippen molar-refractivity contribution in [3.8, 4) is 6.07 Å². The van der Waals surface area contributed by atoms with Gasteiger partial charge in [-0.15, -0.1) is 0 Å². The van der Waals surface area contributed by atoms with Gasteiger partial charge in [0.1, 0.15) is 11.9 Å². The molecule has 1 fully saturated rings. The van der Waals surface area contributed by atoms with Crippen LogP contribution in [0.2, 0.25) is 0 Å². The van der Waals surface area contributed by atoms with Crippen LogP contribution in [0, 0.1) is 11.3 Å². The van der Waals surface area contributed by atoms with E-state index in [0.717, 1.165) is 0 Å². The third kappa shape index (κ3) is 4.06. The lowest BCUT2D eigenvalue weighted by molar-refractivity contribution is -0.131. The molecule has 0 unspecified atom stereocenters. The molecule has 9 heteroatoms. The lowest BCUT2D eigenvalue weighted by atomic mass is 10.2. The topological polar surface area (TPSA) is 119 Å². The zero-order chi connectivity index (χ0) is 20.2. The predicted octanol–water partition coefficient (Wildman–Crippen LogP) is 0.866. The number of para-hydroxylation sites is 1. The summed E-state index contributed by atoms with van der Waals surface area (Å²) in [7, 11) is 0. The minimum Gasteiger partial charge on any atom is -0.339 e. The van der Waals surface area contributed by atoms with Crippen molar-refractivity contribution < 1.29 is 4.79 Å². The van der Waals surface area contributed by atoms with Gasteiger partial charge in [-0.1, -0.05) is 12.1 Å². The smallest absolute Gasteiger partial charge is 0.258 e. The van der Waals surface area contributed by atoms with Gasteiger partial charge in [0.05, 0.1) is 28.9 Å². The van der Waals surface area contributed by atoms with Gasteiger partial charge >= 0.3 is 0 Å². The first-order chi connectivity index (χ1) is 14.1. The van der Waals surface area contributed by atoms with Gasteiger partial charge < -0.3 is 14.8 Å². The summed E-state index contributed by atoms with van der Waals surface area (Å²) in [5, 5.41) is 9.37. The van der Waals surface area contributed by atoms with Crippen molar-refractivity contribution in [2.45, 2.75) is 12.8 Å². The van der Waals surface area contributed by atoms with E-state index in [1.165, 1.54) is 12.4 Å². The Kier molecular flexibility index (Phi) is 5.16. The Morgan fingerprint density at radius 2 is 1.86 bits per heavy atom. The lowest BCUT2D eigenvalue weighted by Gasteiger charge is -2.34. The highest BCUT2D eigenvalue weighted by Crippen LogP contribution is 2.12. The summed E-state index contributed by atoms with van der Waals surface area (Å²) in [5.74, 6) is 1.11. The second kappa shape index (κ2) is 8.06. The summed E-state index contributed by atoms with van der Waals surface area (Å²) in [6, 6.07) is 9.15. The Morgan fingerprint density at radius 3 is 2.59 bits per heavy atom. The molecule has 0 spiro atoms. The number of nitrogens with zero attached hydrogens (tertiary/aromatic N) is 6. The second-order valence-corrected chi connectivity index (χ2v) is 6.78. The van der Waals surface area contributed by atoms with Crippen molar-refractivity contribution >= 4 is 22.8 Å². The number of benzene rings is 1. The first-order valence-electron chi connectivity index (χ1n) is 9.37. The van der Waals surface area contributed by atoms with E-state index in [1.807, 2.05) is 17.0 Å². The van der Waals surface area contributed by atoms with Crippen molar-refractivity contribution in [3.63, 3.8) is 0 Å². The zero-order valence-electron chi connectivity index (χ0n) is 15.7. The number of nitrogens with one attached hydrogen (secondary N) is 1. The number of hydrogen-bond donors (Lipinski definition) is 1. The van der Waals surface area contributed by atoms with Crippen molar-refractivity contribution in [2.24, 2.45) is 0 Å². The molecular weight excluding hydrogens is 370 g/mol. The minimum atomic E-state index is -0.186. The summed E-state index contributed by atoms with van der Waals surface area (Å²) in [6.45, 7) is 2.40. The molecule has 3 aromatic rings. The number of piperazine rings is 1. The number of nitriles is 1. The van der Waals surface area contributed by atoms with Crippen LogP contribution in [0.5, 0.6) is 0 Å². The summed E-state index contributed by atoms with van der Waals surface area (Å²) < 4.78 is 0. The first-order valence-corrected chi connectivity index (χ1v) is 9.37. The standard InChI is InChI=1S/C20H19N7O2/c21-11-14-12-22-20(23-13-14)27-9-7-26(8-10-27)18(28)6-5-17-24-16-4-2-1-3-15(16)19(29)25-17/h1-4,12-13H,5-10H2,(H,24,25,29). The third-order valence-electron chi connectivity index (χ3n) is 4.92. The van der Waals surface area contributed by atoms with Gasteiger partial charge in [0.2, 0.25) is 11.9 Å². The van der Waals surface area contributed by atoms with Crippen LogP contribution in [0.4, 0.5) is 5.95 Å². The summed E-state index contributed by atoms with van der Waals surface area (Å²) in [6.07, 6.45) is 3.67. The van der Waals surface area contributed by atoms with E-state index in [4.69, 9.17) is 5.26 Å². The predicted molar refractivity (Wildman–Crippen MR) is 106 cm³/mol. The van der Waals surface area contributed by atoms with Crippen molar-refractivity contribution in [1.82, 2.24) is 24.8 Å². The maximum Gasteiger partial charge on any atom is 0.258 e. The fourth-order valence-corrected chi connectivity index (χ4v) is 3.33. The second-order valence-electron chi connectivity index (χ2n) is 6.78. The van der Waals surface area contributed by atoms with Gasteiger partial charge in [-0.05, 0) is 12.1 Å². The number of aromatic nitrogens is 4. The molecule has 1 aliphatic heterocycles. The molecule has 1 N–H and O–H groups in total. The number of aromatic amines is 1. The van der Waals surface area contributed by atoms with Crippen LogP contribution in [0.25, 0.3) is 10.9 Å². The zero-order valence-corrected chi connectivity index (χ0v) is 15.7. The molecule has 4 rings (SSSR count). The van der Waals surface area contributed by atoms with Crippen LogP contribution >= 0.6 is 0 Å². The number of carbonyl (C=O) groups excluding carboxylic acids is 1. The number of aryl methyl sites for hydroxylation is 1. The fraction of sp³-hybridized carbons (Fsp3) is 0.300. The first kappa shape index (κ1) is 18.6. The van der Waals surface area contributed by atoms with Crippen LogP contribution in [-0.4, -0.2) is 56.9 Å². The largest absolute Gasteiger partial charge is 0.339 e. The number of fused-ring (bicyclic) bond motifs is 1. The molecule has 0 atom stereocenters. The Bertz CT molecular complexity index is 1130. The van der Waals surface area contributed by atoms with Crippen LogP contribution in [0.1, 0.15) is 17.8 Å². The maximum absolute atomic E-state index is 12.6. The van der Waals surface area contributed by atoms with Crippen LogP contribution in [-0.2, 0) is 11.2 Å². The van der Waals surface area contributed by atoms with Crippen LogP contribution < -0.4 is 10.5 Å². The number of H-pyrrole nitrogens is 1. The molecule has 0 bridgehead atoms. The Balaban J connectivity index is 1.33. The van der Waals surface area contributed by atoms with E-state index >= 15 is 0 Å². The lowest BCUT2D eigenvalue weighted by Crippen LogP contribution is -2.49. The van der Waals surface area contributed by atoms with Crippen molar-refractivity contribution in [3.05, 3.63) is 58.4 Å². The van der Waals surface area contributed by atoms with Crippen LogP contribution in [0.3, 0.4) is 0 Å². The number of carbonyl (C=O) groups is 1. The van der Waals surface area contributed by atoms with Gasteiger partial charge in [-0.2, -0.15) is 5.26 Å². The highest BCUT2D eigenvalue weighted by atomic mass is 16.2.